The van der Waals surface area contributed by atoms with Crippen LogP contribution in [0.25, 0.3) is 0 Å². The number of hydrogen-bond acceptors (Lipinski definition) is 2. The van der Waals surface area contributed by atoms with Crippen LogP contribution in [0.15, 0.2) is 48.5 Å². The molecule has 23 heavy (non-hydrogen) atoms. The van der Waals surface area contributed by atoms with Crippen molar-refractivity contribution in [3.05, 3.63) is 70.8 Å². The zero-order valence-electron chi connectivity index (χ0n) is 14.4. The van der Waals surface area contributed by atoms with Gasteiger partial charge in [0.1, 0.15) is 0 Å². The van der Waals surface area contributed by atoms with Crippen LogP contribution in [-0.4, -0.2) is 19.0 Å². The third kappa shape index (κ3) is 8.79. The van der Waals surface area contributed by atoms with Gasteiger partial charge in [-0.05, 0) is 44.4 Å². The summed E-state index contributed by atoms with van der Waals surface area (Å²) in [4.78, 5) is 10.6. The lowest BCUT2D eigenvalue weighted by Gasteiger charge is -2.02. The summed E-state index contributed by atoms with van der Waals surface area (Å²) in [5.41, 5.74) is 10.6. The van der Waals surface area contributed by atoms with E-state index in [9.17, 15) is 4.79 Å². The Hall–Kier alpha value is -2.13. The number of rotatable bonds is 5. The van der Waals surface area contributed by atoms with E-state index >= 15 is 0 Å². The fourth-order valence-corrected chi connectivity index (χ4v) is 2.06. The second-order valence-electron chi connectivity index (χ2n) is 5.74. The average Bonchev–Trinajstić information content (AvgIpc) is 2.52. The van der Waals surface area contributed by atoms with Gasteiger partial charge in [0.05, 0.1) is 0 Å². The maximum atomic E-state index is 10.6. The molecule has 3 N–H and O–H groups in total. The lowest BCUT2D eigenvalue weighted by Crippen LogP contribution is -2.22. The van der Waals surface area contributed by atoms with Gasteiger partial charge in [0.25, 0.3) is 0 Å². The molecule has 2 aromatic rings. The number of amides is 1. The third-order valence-electron chi connectivity index (χ3n) is 3.46. The van der Waals surface area contributed by atoms with Crippen LogP contribution >= 0.6 is 0 Å². The number of carbonyl (C=O) groups excluding carboxylic acids is 1. The van der Waals surface area contributed by atoms with Crippen LogP contribution in [0.3, 0.4) is 0 Å². The summed E-state index contributed by atoms with van der Waals surface area (Å²) in [5.74, 6) is 0.0344. The maximum Gasteiger partial charge on any atom is 0.216 e. The molecule has 1 amide bonds. The first-order valence-electron chi connectivity index (χ1n) is 8.07. The molecule has 0 aliphatic carbocycles. The van der Waals surface area contributed by atoms with Crippen molar-refractivity contribution < 1.29 is 4.79 Å². The van der Waals surface area contributed by atoms with Gasteiger partial charge in [-0.25, -0.2) is 0 Å². The van der Waals surface area contributed by atoms with E-state index in [4.69, 9.17) is 5.73 Å². The van der Waals surface area contributed by atoms with Gasteiger partial charge in [0.15, 0.2) is 0 Å². The van der Waals surface area contributed by atoms with Crippen molar-refractivity contribution in [1.29, 1.82) is 0 Å². The van der Waals surface area contributed by atoms with Gasteiger partial charge in [0, 0.05) is 13.5 Å². The summed E-state index contributed by atoms with van der Waals surface area (Å²) in [6, 6.07) is 16.8. The molecule has 2 aromatic carbocycles. The highest BCUT2D eigenvalue weighted by molar-refractivity contribution is 5.72. The Morgan fingerprint density at radius 1 is 0.870 bits per heavy atom. The van der Waals surface area contributed by atoms with Crippen LogP contribution in [-0.2, 0) is 17.6 Å². The van der Waals surface area contributed by atoms with Crippen LogP contribution in [0.5, 0.6) is 0 Å². The van der Waals surface area contributed by atoms with E-state index in [1.807, 2.05) is 0 Å². The molecule has 0 fully saturated rings. The number of aryl methyl sites for hydroxylation is 2. The lowest BCUT2D eigenvalue weighted by atomic mass is 10.1. The van der Waals surface area contributed by atoms with Crippen LogP contribution in [0, 0.1) is 13.8 Å². The van der Waals surface area contributed by atoms with Crippen molar-refractivity contribution in [2.75, 3.05) is 13.1 Å². The van der Waals surface area contributed by atoms with E-state index in [0.29, 0.717) is 0 Å². The van der Waals surface area contributed by atoms with Crippen molar-refractivity contribution in [3.8, 4) is 0 Å². The van der Waals surface area contributed by atoms with E-state index in [-0.39, 0.29) is 5.91 Å². The minimum Gasteiger partial charge on any atom is -0.356 e. The van der Waals surface area contributed by atoms with E-state index in [1.165, 1.54) is 29.2 Å². The Bertz CT molecular complexity index is 574. The van der Waals surface area contributed by atoms with Crippen molar-refractivity contribution in [3.63, 3.8) is 0 Å². The number of benzene rings is 2. The van der Waals surface area contributed by atoms with Gasteiger partial charge >= 0.3 is 0 Å². The zero-order valence-corrected chi connectivity index (χ0v) is 14.4. The molecule has 0 unspecified atom stereocenters. The molecule has 0 spiro atoms. The summed E-state index contributed by atoms with van der Waals surface area (Å²) in [7, 11) is 0. The number of hydrogen-bond donors (Lipinski definition) is 2. The first-order valence-corrected chi connectivity index (χ1v) is 8.07. The molecule has 0 heterocycles. The second kappa shape index (κ2) is 10.6. The molecule has 0 aromatic heterocycles. The highest BCUT2D eigenvalue weighted by Gasteiger charge is 1.93. The molecule has 3 nitrogen and oxygen atoms in total. The number of nitrogens with one attached hydrogen (secondary N) is 1. The largest absolute Gasteiger partial charge is 0.356 e. The SMILES string of the molecule is CC(=O)NCCc1ccc(C)cc1.Cc1ccc(CCN)cc1. The Balaban J connectivity index is 0.000000238. The smallest absolute Gasteiger partial charge is 0.216 e. The molecule has 0 aliphatic heterocycles. The normalized spacial score (nSPS) is 9.74. The van der Waals surface area contributed by atoms with Crippen LogP contribution in [0.1, 0.15) is 29.2 Å². The Labute approximate surface area is 139 Å². The lowest BCUT2D eigenvalue weighted by molar-refractivity contribution is -0.118. The fraction of sp³-hybridized carbons (Fsp3) is 0.350. The van der Waals surface area contributed by atoms with Gasteiger partial charge < -0.3 is 11.1 Å². The van der Waals surface area contributed by atoms with Crippen molar-refractivity contribution in [1.82, 2.24) is 5.32 Å². The molecule has 0 saturated heterocycles. The van der Waals surface area contributed by atoms with Gasteiger partial charge in [-0.2, -0.15) is 0 Å². The highest BCUT2D eigenvalue weighted by Crippen LogP contribution is 2.03. The minimum absolute atomic E-state index is 0.0344. The first kappa shape index (κ1) is 18.9. The molecule has 0 bridgehead atoms. The monoisotopic (exact) mass is 312 g/mol. The number of nitrogens with two attached hydrogens (primary N) is 1. The summed E-state index contributed by atoms with van der Waals surface area (Å²) in [5, 5.41) is 2.77. The summed E-state index contributed by atoms with van der Waals surface area (Å²) in [6.07, 6.45) is 1.89. The molecule has 0 radical (unpaired) electrons. The molecule has 0 atom stereocenters. The second-order valence-corrected chi connectivity index (χ2v) is 5.74. The number of carbonyl (C=O) groups is 1. The van der Waals surface area contributed by atoms with E-state index in [0.717, 1.165) is 25.9 Å². The van der Waals surface area contributed by atoms with Gasteiger partial charge in [-0.3, -0.25) is 4.79 Å². The molecular weight excluding hydrogens is 284 g/mol. The highest BCUT2D eigenvalue weighted by atomic mass is 16.1. The maximum absolute atomic E-state index is 10.6. The fourth-order valence-electron chi connectivity index (χ4n) is 2.06. The molecule has 124 valence electrons. The van der Waals surface area contributed by atoms with Crippen molar-refractivity contribution in [2.24, 2.45) is 5.73 Å². The molecular formula is C20H28N2O. The van der Waals surface area contributed by atoms with E-state index < -0.39 is 0 Å². The van der Waals surface area contributed by atoms with Crippen molar-refractivity contribution in [2.45, 2.75) is 33.6 Å². The predicted octanol–water partition coefficient (Wildman–Crippen LogP) is 3.17. The standard InChI is InChI=1S/C11H15NO.C9H13N/c1-9-3-5-11(6-4-9)7-8-12-10(2)13;1-8-2-4-9(5-3-8)6-7-10/h3-6H,7-8H2,1-2H3,(H,12,13);2-5H,6-7,10H2,1H3. The van der Waals surface area contributed by atoms with E-state index in [2.05, 4.69) is 67.7 Å². The van der Waals surface area contributed by atoms with Crippen LogP contribution < -0.4 is 11.1 Å². The summed E-state index contributed by atoms with van der Waals surface area (Å²) >= 11 is 0. The van der Waals surface area contributed by atoms with Crippen molar-refractivity contribution >= 4 is 5.91 Å². The zero-order chi connectivity index (χ0) is 17.1. The summed E-state index contributed by atoms with van der Waals surface area (Å²) < 4.78 is 0. The quantitative estimate of drug-likeness (QED) is 0.891. The molecule has 3 heteroatoms. The average molecular weight is 312 g/mol. The molecule has 2 rings (SSSR count). The summed E-state index contributed by atoms with van der Waals surface area (Å²) in [6.45, 7) is 7.15. The van der Waals surface area contributed by atoms with E-state index in [1.54, 1.807) is 0 Å². The van der Waals surface area contributed by atoms with Crippen LogP contribution in [0.4, 0.5) is 0 Å². The Kier molecular flexibility index (Phi) is 8.70. The third-order valence-corrected chi connectivity index (χ3v) is 3.46. The van der Waals surface area contributed by atoms with Gasteiger partial charge in [0.2, 0.25) is 5.91 Å². The Morgan fingerprint density at radius 2 is 1.30 bits per heavy atom. The first-order chi connectivity index (χ1) is 11.0. The minimum atomic E-state index is 0.0344. The van der Waals surface area contributed by atoms with Gasteiger partial charge in [-0.15, -0.1) is 0 Å². The molecule has 0 aliphatic rings. The van der Waals surface area contributed by atoms with Gasteiger partial charge in [-0.1, -0.05) is 59.7 Å². The predicted molar refractivity (Wildman–Crippen MR) is 97.5 cm³/mol. The Morgan fingerprint density at radius 3 is 1.70 bits per heavy atom. The molecule has 0 saturated carbocycles. The topological polar surface area (TPSA) is 55.1 Å². The van der Waals surface area contributed by atoms with Crippen LogP contribution in [0.2, 0.25) is 0 Å².